The second-order valence-electron chi connectivity index (χ2n) is 6.52. The summed E-state index contributed by atoms with van der Waals surface area (Å²) in [6.45, 7) is 6.22. The molecule has 6 heteroatoms. The Morgan fingerprint density at radius 3 is 2.29 bits per heavy atom. The van der Waals surface area contributed by atoms with Crippen LogP contribution in [0.1, 0.15) is 29.5 Å². The highest BCUT2D eigenvalue weighted by atomic mass is 35.5. The number of nitrogens with two attached hydrogens (primary N) is 1. The molecule has 2 rings (SSSR count). The van der Waals surface area contributed by atoms with E-state index in [0.717, 1.165) is 22.4 Å². The molecule has 136 valence electrons. The largest absolute Gasteiger partial charge is 0.496 e. The van der Waals surface area contributed by atoms with Gasteiger partial charge in [0.2, 0.25) is 5.91 Å². The lowest BCUT2D eigenvalue weighted by atomic mass is 9.79. The second kappa shape index (κ2) is 8.70. The summed E-state index contributed by atoms with van der Waals surface area (Å²) in [7, 11) is 3.53. The van der Waals surface area contributed by atoms with Crippen molar-refractivity contribution < 1.29 is 14.3 Å². The zero-order chi connectivity index (χ0) is 17.0. The van der Waals surface area contributed by atoms with Gasteiger partial charge in [-0.05, 0) is 43.4 Å². The van der Waals surface area contributed by atoms with Crippen LogP contribution in [0.5, 0.6) is 5.75 Å². The van der Waals surface area contributed by atoms with Gasteiger partial charge >= 0.3 is 0 Å². The second-order valence-corrected chi connectivity index (χ2v) is 6.52. The van der Waals surface area contributed by atoms with Gasteiger partial charge in [-0.3, -0.25) is 4.79 Å². The van der Waals surface area contributed by atoms with Crippen LogP contribution in [-0.2, 0) is 16.1 Å². The smallest absolute Gasteiger partial charge is 0.230 e. The van der Waals surface area contributed by atoms with Crippen molar-refractivity contribution in [2.45, 2.75) is 33.2 Å². The Bertz CT molecular complexity index is 548. The summed E-state index contributed by atoms with van der Waals surface area (Å²) in [4.78, 5) is 14.7. The van der Waals surface area contributed by atoms with Crippen LogP contribution in [0.3, 0.4) is 0 Å². The van der Waals surface area contributed by atoms with Gasteiger partial charge in [0.05, 0.1) is 12.5 Å². The van der Waals surface area contributed by atoms with E-state index in [-0.39, 0.29) is 18.3 Å². The Hall–Kier alpha value is -1.30. The van der Waals surface area contributed by atoms with Gasteiger partial charge in [0.1, 0.15) is 5.75 Å². The first kappa shape index (κ1) is 20.7. The molecule has 0 bridgehead atoms. The summed E-state index contributed by atoms with van der Waals surface area (Å²) < 4.78 is 10.8. The number of halogens is 1. The van der Waals surface area contributed by atoms with E-state index in [1.807, 2.05) is 20.9 Å². The molecule has 0 atom stereocenters. The number of methoxy groups -OCH3 is 1. The maximum absolute atomic E-state index is 12.9. The summed E-state index contributed by atoms with van der Waals surface area (Å²) in [5.41, 5.74) is 8.75. The number of amides is 1. The number of benzene rings is 1. The van der Waals surface area contributed by atoms with Crippen molar-refractivity contribution in [3.63, 3.8) is 0 Å². The van der Waals surface area contributed by atoms with Crippen molar-refractivity contribution in [1.82, 2.24) is 4.90 Å². The van der Waals surface area contributed by atoms with Crippen LogP contribution in [0.4, 0.5) is 0 Å². The van der Waals surface area contributed by atoms with Gasteiger partial charge in [0.15, 0.2) is 0 Å². The monoisotopic (exact) mass is 356 g/mol. The van der Waals surface area contributed by atoms with E-state index in [0.29, 0.717) is 39.1 Å². The lowest BCUT2D eigenvalue weighted by Gasteiger charge is -2.37. The van der Waals surface area contributed by atoms with Gasteiger partial charge in [-0.2, -0.15) is 0 Å². The van der Waals surface area contributed by atoms with E-state index >= 15 is 0 Å². The number of hydrogen-bond donors (Lipinski definition) is 1. The minimum Gasteiger partial charge on any atom is -0.496 e. The Morgan fingerprint density at radius 1 is 1.29 bits per heavy atom. The fraction of sp³-hybridized carbons (Fsp3) is 0.611. The minimum absolute atomic E-state index is 0. The third-order valence-corrected chi connectivity index (χ3v) is 4.79. The minimum atomic E-state index is -0.469. The molecule has 1 heterocycles. The predicted molar refractivity (Wildman–Crippen MR) is 97.7 cm³/mol. The van der Waals surface area contributed by atoms with Crippen molar-refractivity contribution in [2.24, 2.45) is 11.1 Å². The number of aryl methyl sites for hydroxylation is 2. The van der Waals surface area contributed by atoms with Crippen molar-refractivity contribution in [3.8, 4) is 5.75 Å². The van der Waals surface area contributed by atoms with Gasteiger partial charge in [-0.15, -0.1) is 12.4 Å². The highest BCUT2D eigenvalue weighted by Crippen LogP contribution is 2.32. The summed E-state index contributed by atoms with van der Waals surface area (Å²) in [5.74, 6) is 1.03. The quantitative estimate of drug-likeness (QED) is 0.880. The zero-order valence-corrected chi connectivity index (χ0v) is 15.9. The lowest BCUT2D eigenvalue weighted by Crippen LogP contribution is -2.49. The molecule has 5 nitrogen and oxygen atoms in total. The van der Waals surface area contributed by atoms with E-state index in [1.54, 1.807) is 12.0 Å². The molecular formula is C18H29ClN2O3. The van der Waals surface area contributed by atoms with Crippen molar-refractivity contribution >= 4 is 18.3 Å². The first-order chi connectivity index (χ1) is 10.9. The van der Waals surface area contributed by atoms with Crippen LogP contribution < -0.4 is 10.5 Å². The van der Waals surface area contributed by atoms with Gasteiger partial charge < -0.3 is 20.1 Å². The highest BCUT2D eigenvalue weighted by Gasteiger charge is 2.40. The maximum atomic E-state index is 12.9. The normalized spacial score (nSPS) is 16.2. The van der Waals surface area contributed by atoms with E-state index in [9.17, 15) is 4.79 Å². The molecule has 0 radical (unpaired) electrons. The van der Waals surface area contributed by atoms with Crippen LogP contribution >= 0.6 is 12.4 Å². The third-order valence-electron chi connectivity index (χ3n) is 4.79. The van der Waals surface area contributed by atoms with Crippen LogP contribution in [0.15, 0.2) is 12.1 Å². The molecule has 1 aromatic carbocycles. The van der Waals surface area contributed by atoms with Crippen LogP contribution in [0, 0.1) is 19.3 Å². The average molecular weight is 357 g/mol. The van der Waals surface area contributed by atoms with Gasteiger partial charge in [-0.25, -0.2) is 0 Å². The molecule has 1 aliphatic heterocycles. The van der Waals surface area contributed by atoms with Gasteiger partial charge in [-0.1, -0.05) is 12.1 Å². The summed E-state index contributed by atoms with van der Waals surface area (Å²) in [6, 6.07) is 4.16. The van der Waals surface area contributed by atoms with Crippen LogP contribution in [0.25, 0.3) is 0 Å². The third kappa shape index (κ3) is 4.21. The van der Waals surface area contributed by atoms with Crippen LogP contribution in [-0.4, -0.2) is 44.7 Å². The molecule has 1 aromatic rings. The Balaban J connectivity index is 0.00000288. The maximum Gasteiger partial charge on any atom is 0.230 e. The summed E-state index contributed by atoms with van der Waals surface area (Å²) in [5, 5.41) is 0. The summed E-state index contributed by atoms with van der Waals surface area (Å²) in [6.07, 6.45) is 1.40. The summed E-state index contributed by atoms with van der Waals surface area (Å²) >= 11 is 0. The Kier molecular flexibility index (Phi) is 7.52. The number of carbonyl (C=O) groups is 1. The van der Waals surface area contributed by atoms with Crippen LogP contribution in [0.2, 0.25) is 0 Å². The zero-order valence-electron chi connectivity index (χ0n) is 15.1. The molecule has 1 aliphatic rings. The molecule has 1 fully saturated rings. The molecule has 1 saturated heterocycles. The molecule has 2 N–H and O–H groups in total. The lowest BCUT2D eigenvalue weighted by molar-refractivity contribution is -0.146. The van der Waals surface area contributed by atoms with Gasteiger partial charge in [0.25, 0.3) is 0 Å². The molecule has 0 spiro atoms. The van der Waals surface area contributed by atoms with E-state index in [2.05, 4.69) is 12.1 Å². The van der Waals surface area contributed by atoms with Gasteiger partial charge in [0, 0.05) is 33.4 Å². The van der Waals surface area contributed by atoms with Crippen molar-refractivity contribution in [3.05, 3.63) is 28.8 Å². The number of carbonyl (C=O) groups excluding carboxylic acids is 1. The predicted octanol–water partition coefficient (Wildman–Crippen LogP) is 2.45. The number of ether oxygens (including phenoxy) is 2. The number of nitrogens with zero attached hydrogens (tertiary/aromatic N) is 1. The molecule has 0 aliphatic carbocycles. The van der Waals surface area contributed by atoms with E-state index in [1.165, 1.54) is 0 Å². The van der Waals surface area contributed by atoms with E-state index in [4.69, 9.17) is 15.2 Å². The molecule has 0 unspecified atom stereocenters. The van der Waals surface area contributed by atoms with E-state index < -0.39 is 5.41 Å². The average Bonchev–Trinajstić information content (AvgIpc) is 2.54. The standard InChI is InChI=1S/C18H28N2O3.ClH/c1-13-9-15(10-14(2)16(13)22-4)11-20(3)17(21)18(12-19)5-7-23-8-6-18;/h9-10H,5-8,11-12,19H2,1-4H3;1H. The molecular weight excluding hydrogens is 328 g/mol. The first-order valence-electron chi connectivity index (χ1n) is 8.11. The topological polar surface area (TPSA) is 64.8 Å². The molecule has 24 heavy (non-hydrogen) atoms. The highest BCUT2D eigenvalue weighted by molar-refractivity contribution is 5.85. The Morgan fingerprint density at radius 2 is 1.83 bits per heavy atom. The number of rotatable bonds is 5. The fourth-order valence-corrected chi connectivity index (χ4v) is 3.47. The van der Waals surface area contributed by atoms with Crippen molar-refractivity contribution in [2.75, 3.05) is 33.9 Å². The van der Waals surface area contributed by atoms with Crippen molar-refractivity contribution in [1.29, 1.82) is 0 Å². The first-order valence-corrected chi connectivity index (χ1v) is 8.11. The Labute approximate surface area is 150 Å². The SMILES string of the molecule is COc1c(C)cc(CN(C)C(=O)C2(CN)CCOCC2)cc1C.Cl. The fourth-order valence-electron chi connectivity index (χ4n) is 3.47. The molecule has 1 amide bonds. The molecule has 0 aromatic heterocycles. The molecule has 0 saturated carbocycles. The number of hydrogen-bond acceptors (Lipinski definition) is 4.